The first-order valence-electron chi connectivity index (χ1n) is 6.26. The Kier molecular flexibility index (Phi) is 5.58. The fourth-order valence-electron chi connectivity index (χ4n) is 1.96. The Labute approximate surface area is 103 Å². The Morgan fingerprint density at radius 3 is 2.24 bits per heavy atom. The second-order valence-corrected chi connectivity index (χ2v) is 4.56. The molecule has 1 fully saturated rings. The van der Waals surface area contributed by atoms with Gasteiger partial charge in [-0.3, -0.25) is 19.4 Å². The van der Waals surface area contributed by atoms with Crippen molar-refractivity contribution < 1.29 is 9.59 Å². The van der Waals surface area contributed by atoms with Crippen molar-refractivity contribution in [3.63, 3.8) is 0 Å². The lowest BCUT2D eigenvalue weighted by Gasteiger charge is -2.33. The third-order valence-electron chi connectivity index (χ3n) is 3.22. The van der Waals surface area contributed by atoms with Crippen LogP contribution in [0.1, 0.15) is 20.3 Å². The summed E-state index contributed by atoms with van der Waals surface area (Å²) in [7, 11) is 2.11. The fraction of sp³-hybridized carbons (Fsp3) is 0.833. The molecule has 5 heteroatoms. The Hall–Kier alpha value is -0.940. The van der Waals surface area contributed by atoms with E-state index in [1.165, 1.54) is 11.8 Å². The van der Waals surface area contributed by atoms with Gasteiger partial charge >= 0.3 is 0 Å². The summed E-state index contributed by atoms with van der Waals surface area (Å²) in [6.07, 6.45) is 0.391. The quantitative estimate of drug-likeness (QED) is 0.696. The van der Waals surface area contributed by atoms with Gasteiger partial charge < -0.3 is 4.90 Å². The van der Waals surface area contributed by atoms with Gasteiger partial charge in [-0.05, 0) is 7.05 Å². The number of piperazine rings is 1. The highest BCUT2D eigenvalue weighted by molar-refractivity contribution is 5.93. The van der Waals surface area contributed by atoms with Crippen molar-refractivity contribution in [3.05, 3.63) is 0 Å². The molecule has 0 bridgehead atoms. The molecule has 5 nitrogen and oxygen atoms in total. The van der Waals surface area contributed by atoms with Crippen LogP contribution in [-0.4, -0.2) is 72.8 Å². The van der Waals surface area contributed by atoms with Gasteiger partial charge in [0, 0.05) is 52.6 Å². The molecule has 0 aliphatic carbocycles. The van der Waals surface area contributed by atoms with E-state index in [0.717, 1.165) is 32.7 Å². The van der Waals surface area contributed by atoms with Crippen LogP contribution in [0.2, 0.25) is 0 Å². The first-order chi connectivity index (χ1) is 8.04. The van der Waals surface area contributed by atoms with Gasteiger partial charge in [0.25, 0.3) is 0 Å². The summed E-state index contributed by atoms with van der Waals surface area (Å²) >= 11 is 0. The van der Waals surface area contributed by atoms with E-state index in [0.29, 0.717) is 13.0 Å². The molecule has 0 aromatic carbocycles. The topological polar surface area (TPSA) is 43.9 Å². The first-order valence-corrected chi connectivity index (χ1v) is 6.26. The summed E-state index contributed by atoms with van der Waals surface area (Å²) in [6, 6.07) is 0. The summed E-state index contributed by atoms with van der Waals surface area (Å²) < 4.78 is 0. The minimum absolute atomic E-state index is 0.0772. The number of hydrogen-bond acceptors (Lipinski definition) is 4. The van der Waals surface area contributed by atoms with Crippen LogP contribution in [0, 0.1) is 0 Å². The lowest BCUT2D eigenvalue weighted by molar-refractivity contribution is -0.143. The molecule has 0 radical (unpaired) electrons. The van der Waals surface area contributed by atoms with Crippen molar-refractivity contribution >= 4 is 11.8 Å². The van der Waals surface area contributed by atoms with E-state index in [1.54, 1.807) is 6.92 Å². The highest BCUT2D eigenvalue weighted by Crippen LogP contribution is 2.01. The molecule has 0 spiro atoms. The zero-order chi connectivity index (χ0) is 12.8. The highest BCUT2D eigenvalue weighted by Gasteiger charge is 2.19. The lowest BCUT2D eigenvalue weighted by atomic mass is 10.3. The van der Waals surface area contributed by atoms with E-state index < -0.39 is 0 Å². The van der Waals surface area contributed by atoms with Crippen LogP contribution < -0.4 is 0 Å². The smallest absolute Gasteiger partial charge is 0.228 e. The molecule has 1 saturated heterocycles. The Bertz CT molecular complexity index is 273. The van der Waals surface area contributed by atoms with Gasteiger partial charge in [0.1, 0.15) is 0 Å². The van der Waals surface area contributed by atoms with Crippen molar-refractivity contribution in [1.82, 2.24) is 14.7 Å². The highest BCUT2D eigenvalue weighted by atomic mass is 16.2. The van der Waals surface area contributed by atoms with E-state index in [-0.39, 0.29) is 11.8 Å². The van der Waals surface area contributed by atoms with Crippen LogP contribution in [0.15, 0.2) is 0 Å². The SMILES string of the molecule is CCC(=O)N(CCN1CCN(C)CC1)C(C)=O. The van der Waals surface area contributed by atoms with Gasteiger partial charge in [-0.15, -0.1) is 0 Å². The summed E-state index contributed by atoms with van der Waals surface area (Å²) in [6.45, 7) is 8.70. The van der Waals surface area contributed by atoms with E-state index in [4.69, 9.17) is 0 Å². The minimum Gasteiger partial charge on any atom is -0.304 e. The summed E-state index contributed by atoms with van der Waals surface area (Å²) in [5, 5.41) is 0. The molecule has 1 aliphatic heterocycles. The lowest BCUT2D eigenvalue weighted by Crippen LogP contribution is -2.48. The third kappa shape index (κ3) is 4.44. The average molecular weight is 241 g/mol. The largest absolute Gasteiger partial charge is 0.304 e. The summed E-state index contributed by atoms with van der Waals surface area (Å²) in [5.74, 6) is -0.224. The molecule has 0 N–H and O–H groups in total. The molecule has 0 aromatic rings. The number of hydrogen-bond donors (Lipinski definition) is 0. The van der Waals surface area contributed by atoms with Crippen molar-refractivity contribution in [2.75, 3.05) is 46.3 Å². The number of carbonyl (C=O) groups excluding carboxylic acids is 2. The van der Waals surface area contributed by atoms with Crippen molar-refractivity contribution in [2.24, 2.45) is 0 Å². The molecule has 98 valence electrons. The molecule has 0 unspecified atom stereocenters. The Morgan fingerprint density at radius 1 is 1.18 bits per heavy atom. The predicted molar refractivity (Wildman–Crippen MR) is 66.6 cm³/mol. The number of rotatable bonds is 4. The maximum Gasteiger partial charge on any atom is 0.228 e. The van der Waals surface area contributed by atoms with Crippen LogP contribution >= 0.6 is 0 Å². The van der Waals surface area contributed by atoms with E-state index in [2.05, 4.69) is 16.8 Å². The molecule has 2 amide bonds. The molecular weight excluding hydrogens is 218 g/mol. The molecule has 17 heavy (non-hydrogen) atoms. The second kappa shape index (κ2) is 6.71. The Balaban J connectivity index is 2.36. The van der Waals surface area contributed by atoms with Gasteiger partial charge in [0.05, 0.1) is 0 Å². The van der Waals surface area contributed by atoms with Gasteiger partial charge in [0.15, 0.2) is 0 Å². The molecule has 1 aliphatic rings. The predicted octanol–water partition coefficient (Wildman–Crippen LogP) is 0.0189. The molecule has 1 heterocycles. The van der Waals surface area contributed by atoms with Gasteiger partial charge in [-0.1, -0.05) is 6.92 Å². The van der Waals surface area contributed by atoms with Crippen LogP contribution in [0.3, 0.4) is 0 Å². The minimum atomic E-state index is -0.147. The summed E-state index contributed by atoms with van der Waals surface area (Å²) in [5.41, 5.74) is 0. The fourth-order valence-corrected chi connectivity index (χ4v) is 1.96. The standard InChI is InChI=1S/C12H23N3O2/c1-4-12(17)15(11(2)16)10-9-14-7-5-13(3)6-8-14/h4-10H2,1-3H3. The van der Waals surface area contributed by atoms with Crippen LogP contribution in [-0.2, 0) is 9.59 Å². The van der Waals surface area contributed by atoms with Crippen molar-refractivity contribution in [2.45, 2.75) is 20.3 Å². The van der Waals surface area contributed by atoms with Crippen molar-refractivity contribution in [3.8, 4) is 0 Å². The number of likely N-dealkylation sites (N-methyl/N-ethyl adjacent to an activating group) is 1. The second-order valence-electron chi connectivity index (χ2n) is 4.56. The van der Waals surface area contributed by atoms with E-state index in [1.807, 2.05) is 0 Å². The van der Waals surface area contributed by atoms with Crippen LogP contribution in [0.5, 0.6) is 0 Å². The molecular formula is C12H23N3O2. The normalized spacial score (nSPS) is 18.1. The van der Waals surface area contributed by atoms with Gasteiger partial charge in [0.2, 0.25) is 11.8 Å². The number of carbonyl (C=O) groups is 2. The third-order valence-corrected chi connectivity index (χ3v) is 3.22. The zero-order valence-corrected chi connectivity index (χ0v) is 11.1. The maximum absolute atomic E-state index is 11.6. The zero-order valence-electron chi connectivity index (χ0n) is 11.1. The molecule has 0 atom stereocenters. The number of nitrogens with zero attached hydrogens (tertiary/aromatic N) is 3. The first kappa shape index (κ1) is 14.1. The number of amides is 2. The molecule has 0 saturated carbocycles. The van der Waals surface area contributed by atoms with Crippen molar-refractivity contribution in [1.29, 1.82) is 0 Å². The number of imide groups is 1. The maximum atomic E-state index is 11.6. The van der Waals surface area contributed by atoms with Crippen LogP contribution in [0.4, 0.5) is 0 Å². The van der Waals surface area contributed by atoms with E-state index >= 15 is 0 Å². The summed E-state index contributed by atoms with van der Waals surface area (Å²) in [4.78, 5) is 28.9. The van der Waals surface area contributed by atoms with Gasteiger partial charge in [-0.2, -0.15) is 0 Å². The molecule has 0 aromatic heterocycles. The average Bonchev–Trinajstić information content (AvgIpc) is 2.31. The van der Waals surface area contributed by atoms with E-state index in [9.17, 15) is 9.59 Å². The van der Waals surface area contributed by atoms with Gasteiger partial charge in [-0.25, -0.2) is 0 Å². The van der Waals surface area contributed by atoms with Crippen LogP contribution in [0.25, 0.3) is 0 Å². The monoisotopic (exact) mass is 241 g/mol. The Morgan fingerprint density at radius 2 is 1.76 bits per heavy atom. The molecule has 1 rings (SSSR count).